The average Bonchev–Trinajstić information content (AvgIpc) is 0.685. The molecule has 0 radical (unpaired) electrons. The maximum absolute atomic E-state index is 9.02. The summed E-state index contributed by atoms with van der Waals surface area (Å²) < 4.78 is 131. The quantitative estimate of drug-likeness (QED) is 0.0853. The maximum Gasteiger partial charge on any atom is 0.515 e. The number of hydrogen-bond donors (Lipinski definition) is 0. The Labute approximate surface area is 647 Å². The van der Waals surface area contributed by atoms with Gasteiger partial charge in [0.15, 0.2) is 0 Å². The number of rotatable bonds is 16. The second kappa shape index (κ2) is 30.6. The van der Waals surface area contributed by atoms with E-state index in [2.05, 4.69) is 63.0 Å². The summed E-state index contributed by atoms with van der Waals surface area (Å²) in [5, 5.41) is 5.25. The van der Waals surface area contributed by atoms with Crippen LogP contribution in [0.25, 0.3) is 12.2 Å². The first-order valence-electron chi connectivity index (χ1n) is 34.4. The van der Waals surface area contributed by atoms with Gasteiger partial charge in [0.05, 0.1) is 7.11 Å². The Balaban J connectivity index is 1.18. The Morgan fingerprint density at radius 3 is 0.962 bits per heavy atom. The third kappa shape index (κ3) is 14.4. The number of aryl methyl sites for hydroxylation is 1. The van der Waals surface area contributed by atoms with Crippen molar-refractivity contribution in [1.29, 1.82) is 0 Å². The standard InChI is InChI=1S/C78H70Br2O15Si11/c1-63-43-55-70(56-44-63)99(62-60-65-47-51-67(80)52-48-65)86-101(73-31-15-5-16-32-73)83-97(69-27-11-3-12-28-69)84-102(74-33-17-6-18-34-74)91-103(75-35-19-7-20-36-75)87-98(71-57-53-68(81-2)54-58-71,61-59-64-45-49-66(79)50-46-64)85-100(82-96,72-29-13-4-14-30-72)89-105(90-101,77-39-23-9-24-40-77)95-106(93-103,78-41-25-10-26-42-78)94-104(88-99,92-102)76-37-21-8-22-38-76/h3-62,97H,1-2,96H3/b61-59+,62-60+/t97?,98?,99?,100?,101?,102?,103?,104?,105-,106+/m1/s1. The summed E-state index contributed by atoms with van der Waals surface area (Å²) in [6, 6.07) is 110. The second-order valence-corrected chi connectivity index (χ2v) is 57.4. The first kappa shape index (κ1) is 72.9. The minimum absolute atomic E-state index is 0.00755. The van der Waals surface area contributed by atoms with Gasteiger partial charge >= 0.3 is 88.0 Å². The number of hydrogen-bond acceptors (Lipinski definition) is 15. The fourth-order valence-corrected chi connectivity index (χ4v) is 68.5. The van der Waals surface area contributed by atoms with Crippen molar-refractivity contribution in [2.75, 3.05) is 7.11 Å². The van der Waals surface area contributed by atoms with E-state index in [-0.39, 0.29) is 10.5 Å². The van der Waals surface area contributed by atoms with Crippen molar-refractivity contribution in [2.24, 2.45) is 0 Å². The van der Waals surface area contributed by atoms with Crippen LogP contribution >= 0.6 is 31.9 Å². The van der Waals surface area contributed by atoms with Crippen LogP contribution in [0.4, 0.5) is 0 Å². The Hall–Kier alpha value is -7.29. The van der Waals surface area contributed by atoms with Crippen LogP contribution < -0.4 is 56.6 Å². The van der Waals surface area contributed by atoms with E-state index in [1.807, 2.05) is 339 Å². The molecule has 8 unspecified atom stereocenters. The molecular weight excluding hydrogens is 1650 g/mol. The highest BCUT2D eigenvalue weighted by Gasteiger charge is 2.80. The van der Waals surface area contributed by atoms with E-state index in [1.165, 1.54) is 0 Å². The lowest BCUT2D eigenvalue weighted by Crippen LogP contribution is -2.90. The average molecular weight is 1720 g/mol. The highest BCUT2D eigenvalue weighted by molar-refractivity contribution is 9.10. The Morgan fingerprint density at radius 2 is 0.594 bits per heavy atom. The molecule has 0 spiro atoms. The number of halogens is 2. The van der Waals surface area contributed by atoms with Gasteiger partial charge in [0, 0.05) is 45.3 Å². The molecule has 10 atom stereocenters. The Morgan fingerprint density at radius 1 is 0.302 bits per heavy atom. The van der Waals surface area contributed by atoms with Crippen molar-refractivity contribution in [2.45, 2.75) is 6.92 Å². The molecular formula is C78H70Br2O15Si11. The summed E-state index contributed by atoms with van der Waals surface area (Å²) in [4.78, 5) is 0. The molecule has 0 aromatic heterocycles. The lowest BCUT2D eigenvalue weighted by Gasteiger charge is -2.58. The van der Waals surface area contributed by atoms with Crippen molar-refractivity contribution < 1.29 is 62.3 Å². The molecule has 12 aromatic rings. The van der Waals surface area contributed by atoms with Gasteiger partial charge in [-0.05, 0) is 81.4 Å². The zero-order valence-corrected chi connectivity index (χ0v) is 72.9. The minimum atomic E-state index is -5.56. The zero-order valence-electron chi connectivity index (χ0n) is 57.6. The van der Waals surface area contributed by atoms with Crippen LogP contribution in [0.3, 0.4) is 0 Å². The smallest absolute Gasteiger partial charge is 0.497 e. The van der Waals surface area contributed by atoms with Crippen molar-refractivity contribution in [3.63, 3.8) is 0 Å². The van der Waals surface area contributed by atoms with E-state index in [1.54, 1.807) is 7.11 Å². The maximum atomic E-state index is 9.02. The molecule has 4 aliphatic heterocycles. The Kier molecular flexibility index (Phi) is 21.1. The molecule has 0 aliphatic carbocycles. The van der Waals surface area contributed by atoms with E-state index in [0.29, 0.717) is 57.6 Å². The van der Waals surface area contributed by atoms with Crippen LogP contribution in [0, 0.1) is 6.92 Å². The first-order valence-corrected chi connectivity index (χ1v) is 54.2. The molecule has 4 fully saturated rings. The van der Waals surface area contributed by atoms with E-state index >= 15 is 0 Å². The molecule has 106 heavy (non-hydrogen) atoms. The molecule has 12 aromatic carbocycles. The van der Waals surface area contributed by atoms with Gasteiger partial charge in [-0.15, -0.1) is 0 Å². The molecule has 6 bridgehead atoms. The van der Waals surface area contributed by atoms with Gasteiger partial charge in [-0.1, -0.05) is 353 Å². The topological polar surface area (TPSA) is 138 Å². The van der Waals surface area contributed by atoms with Gasteiger partial charge in [0.1, 0.15) is 16.2 Å². The van der Waals surface area contributed by atoms with Gasteiger partial charge in [0.25, 0.3) is 0 Å². The number of ether oxygens (including phenoxy) is 1. The van der Waals surface area contributed by atoms with Crippen LogP contribution in [0.2, 0.25) is 0 Å². The molecule has 530 valence electrons. The van der Waals surface area contributed by atoms with Gasteiger partial charge < -0.3 is 62.3 Å². The van der Waals surface area contributed by atoms with Gasteiger partial charge in [-0.25, -0.2) is 0 Å². The normalized spacial score (nSPS) is 28.2. The van der Waals surface area contributed by atoms with Crippen molar-refractivity contribution in [3.05, 3.63) is 377 Å². The fraction of sp³-hybridized carbons (Fsp3) is 0.0256. The third-order valence-corrected chi connectivity index (χ3v) is 61.8. The van der Waals surface area contributed by atoms with E-state index in [4.69, 9.17) is 62.3 Å². The third-order valence-electron chi connectivity index (χ3n) is 18.5. The molecule has 0 saturated carbocycles. The van der Waals surface area contributed by atoms with E-state index < -0.39 is 88.0 Å². The molecule has 4 saturated heterocycles. The lowest BCUT2D eigenvalue weighted by molar-refractivity contribution is 0.0578. The largest absolute Gasteiger partial charge is 0.515 e. The molecule has 0 N–H and O–H groups in total. The molecule has 4 heterocycles. The molecule has 16 rings (SSSR count). The molecule has 28 heteroatoms. The summed E-state index contributed by atoms with van der Waals surface area (Å²) in [5.41, 5.74) is 6.68. The highest BCUT2D eigenvalue weighted by Crippen LogP contribution is 2.45. The summed E-state index contributed by atoms with van der Waals surface area (Å²) in [7, 11) is -49.7. The SMILES string of the molecule is COc1ccc([Si]2(/C=C/c3ccc(Br)cc3)O[Si](O[SiH3])(c3ccccc3)O[Si@]3(c4ccccc4)O[Si]4(c5ccccc5)O[SiH](c5ccccc5)O[Si]5(c6ccccc6)O[Si](c6ccccc6)(O2)O[Si@@](c2ccccc2)(O[Si](c2ccccc2)(O[Si](/C=C/c2ccc(Br)cc2)(c2ccc(C)cc2)O4)O5)O3)cc1. The number of benzene rings is 12. The van der Waals surface area contributed by atoms with Crippen molar-refractivity contribution in [1.82, 2.24) is 0 Å². The zero-order chi connectivity index (χ0) is 72.3. The number of fused-ring (bicyclic) bond motifs is 6. The Bertz CT molecular complexity index is 5060. The summed E-state index contributed by atoms with van der Waals surface area (Å²) in [5.74, 6) is 0.577. The molecule has 4 aliphatic rings. The summed E-state index contributed by atoms with van der Waals surface area (Å²) in [6.07, 6.45) is 4.04. The van der Waals surface area contributed by atoms with E-state index in [0.717, 1.165) is 25.6 Å². The van der Waals surface area contributed by atoms with Crippen molar-refractivity contribution >= 4 is 194 Å². The summed E-state index contributed by atoms with van der Waals surface area (Å²) >= 11 is 7.45. The predicted molar refractivity (Wildman–Crippen MR) is 442 cm³/mol. The molecule has 0 amide bonds. The summed E-state index contributed by atoms with van der Waals surface area (Å²) in [6.45, 7) is 2.05. The predicted octanol–water partition coefficient (Wildman–Crippen LogP) is 8.65. The van der Waals surface area contributed by atoms with E-state index in [9.17, 15) is 0 Å². The van der Waals surface area contributed by atoms with Crippen LogP contribution in [0.1, 0.15) is 16.7 Å². The van der Waals surface area contributed by atoms with Gasteiger partial charge in [-0.3, -0.25) is 0 Å². The fourth-order valence-electron chi connectivity index (χ4n) is 13.2. The van der Waals surface area contributed by atoms with Crippen LogP contribution in [-0.4, -0.2) is 106 Å². The van der Waals surface area contributed by atoms with Gasteiger partial charge in [0.2, 0.25) is 0 Å². The first-order chi connectivity index (χ1) is 51.7. The molecule has 15 nitrogen and oxygen atoms in total. The number of methoxy groups -OCH3 is 1. The lowest BCUT2D eigenvalue weighted by atomic mass is 10.2. The van der Waals surface area contributed by atoms with Crippen LogP contribution in [0.15, 0.2) is 360 Å². The van der Waals surface area contributed by atoms with Crippen molar-refractivity contribution in [3.8, 4) is 5.75 Å². The van der Waals surface area contributed by atoms with Crippen LogP contribution in [0.5, 0.6) is 5.75 Å². The minimum Gasteiger partial charge on any atom is -0.497 e. The van der Waals surface area contributed by atoms with Crippen LogP contribution in [-0.2, 0) is 57.6 Å². The monoisotopic (exact) mass is 1710 g/mol. The second-order valence-electron chi connectivity index (χ2n) is 25.5. The van der Waals surface area contributed by atoms with Gasteiger partial charge in [-0.2, -0.15) is 0 Å². The highest BCUT2D eigenvalue weighted by atomic mass is 79.9.